The maximum absolute atomic E-state index is 12.3. The number of hydrogen-bond donors (Lipinski definition) is 1. The number of rotatable bonds is 5. The van der Waals surface area contributed by atoms with Gasteiger partial charge in [-0.3, -0.25) is 4.79 Å². The molecule has 2 heterocycles. The molecule has 4 heteroatoms. The van der Waals surface area contributed by atoms with Crippen molar-refractivity contribution in [1.29, 1.82) is 0 Å². The molecule has 3 nitrogen and oxygen atoms in total. The van der Waals surface area contributed by atoms with Crippen molar-refractivity contribution in [1.82, 2.24) is 4.90 Å². The number of nitrogens with one attached hydrogen (secondary N) is 1. The average molecular weight is 334 g/mol. The summed E-state index contributed by atoms with van der Waals surface area (Å²) in [6.07, 6.45) is 4.07. The van der Waals surface area contributed by atoms with Crippen molar-refractivity contribution in [2.24, 2.45) is 0 Å². The lowest BCUT2D eigenvalue weighted by molar-refractivity contribution is -0.904. The van der Waals surface area contributed by atoms with Gasteiger partial charge in [0.15, 0.2) is 0 Å². The van der Waals surface area contributed by atoms with Crippen molar-refractivity contribution in [3.8, 4) is 0 Å². The van der Waals surface area contributed by atoms with E-state index in [0.717, 1.165) is 13.1 Å². The lowest BCUT2D eigenvalue weighted by Gasteiger charge is -2.28. The summed E-state index contributed by atoms with van der Waals surface area (Å²) in [6.45, 7) is 9.00. The number of benzene rings is 1. The first-order valence-corrected chi connectivity index (χ1v) is 10.0. The van der Waals surface area contributed by atoms with Gasteiger partial charge in [0, 0.05) is 0 Å². The smallest absolute Gasteiger partial charge is 0.234 e. The van der Waals surface area contributed by atoms with Crippen LogP contribution in [0.25, 0.3) is 0 Å². The molecule has 1 N–H and O–H groups in total. The fourth-order valence-electron chi connectivity index (χ4n) is 3.60. The molecule has 23 heavy (non-hydrogen) atoms. The van der Waals surface area contributed by atoms with Gasteiger partial charge in [-0.1, -0.05) is 38.1 Å². The second-order valence-corrected chi connectivity index (χ2v) is 8.20. The molecule has 2 fully saturated rings. The highest BCUT2D eigenvalue weighted by molar-refractivity contribution is 8.00. The predicted molar refractivity (Wildman–Crippen MR) is 96.9 cm³/mol. The minimum atomic E-state index is 0.216. The Hall–Kier alpha value is -1.00. The maximum atomic E-state index is 12.3. The molecule has 0 spiro atoms. The van der Waals surface area contributed by atoms with E-state index in [1.165, 1.54) is 43.5 Å². The van der Waals surface area contributed by atoms with E-state index in [9.17, 15) is 4.79 Å². The first-order chi connectivity index (χ1) is 11.1. The third-order valence-electron chi connectivity index (χ3n) is 5.12. The highest BCUT2D eigenvalue weighted by Gasteiger charge is 2.33. The molecule has 2 aliphatic heterocycles. The van der Waals surface area contributed by atoms with Crippen LogP contribution in [0.2, 0.25) is 0 Å². The van der Waals surface area contributed by atoms with E-state index in [1.54, 1.807) is 16.7 Å². The molecule has 1 unspecified atom stereocenters. The van der Waals surface area contributed by atoms with Gasteiger partial charge >= 0.3 is 0 Å². The summed E-state index contributed by atoms with van der Waals surface area (Å²) in [6, 6.07) is 8.87. The first kappa shape index (κ1) is 16.8. The van der Waals surface area contributed by atoms with E-state index in [-0.39, 0.29) is 5.37 Å². The van der Waals surface area contributed by atoms with Gasteiger partial charge in [0.05, 0.1) is 31.9 Å². The Morgan fingerprint density at radius 2 is 1.87 bits per heavy atom. The summed E-state index contributed by atoms with van der Waals surface area (Å²) in [7, 11) is 0. The average Bonchev–Trinajstić information content (AvgIpc) is 2.95. The quantitative estimate of drug-likeness (QED) is 0.895. The number of quaternary nitrogens is 1. The molecule has 3 rings (SSSR count). The molecule has 0 radical (unpaired) electrons. The monoisotopic (exact) mass is 333 g/mol. The molecular formula is C19H29N2OS+. The Kier molecular flexibility index (Phi) is 5.65. The summed E-state index contributed by atoms with van der Waals surface area (Å²) in [5.74, 6) is 1.50. The number of piperidine rings is 1. The van der Waals surface area contributed by atoms with Gasteiger partial charge in [-0.2, -0.15) is 0 Å². The largest absolute Gasteiger partial charge is 0.333 e. The SMILES string of the molecule is CC(C)c1ccc(C2SCC(=O)N2CC[NH+]2CCCCC2)cc1. The van der Waals surface area contributed by atoms with Crippen LogP contribution in [0.15, 0.2) is 24.3 Å². The maximum Gasteiger partial charge on any atom is 0.234 e. The van der Waals surface area contributed by atoms with Gasteiger partial charge in [0.1, 0.15) is 5.37 Å². The van der Waals surface area contributed by atoms with Gasteiger partial charge < -0.3 is 9.80 Å². The van der Waals surface area contributed by atoms with Crippen LogP contribution in [-0.4, -0.2) is 42.7 Å². The van der Waals surface area contributed by atoms with Crippen molar-refractivity contribution < 1.29 is 9.69 Å². The van der Waals surface area contributed by atoms with Gasteiger partial charge in [-0.05, 0) is 36.3 Å². The van der Waals surface area contributed by atoms with Crippen molar-refractivity contribution in [3.05, 3.63) is 35.4 Å². The second-order valence-electron chi connectivity index (χ2n) is 7.13. The van der Waals surface area contributed by atoms with Crippen molar-refractivity contribution in [3.63, 3.8) is 0 Å². The molecule has 0 aliphatic carbocycles. The molecular weight excluding hydrogens is 304 g/mol. The third-order valence-corrected chi connectivity index (χ3v) is 6.38. The molecule has 1 aromatic rings. The summed E-state index contributed by atoms with van der Waals surface area (Å²) in [5.41, 5.74) is 2.64. The Bertz CT molecular complexity index is 523. The van der Waals surface area contributed by atoms with Crippen LogP contribution in [0.5, 0.6) is 0 Å². The number of hydrogen-bond acceptors (Lipinski definition) is 2. The Morgan fingerprint density at radius 3 is 2.52 bits per heavy atom. The second kappa shape index (κ2) is 7.71. The van der Waals surface area contributed by atoms with Crippen molar-refractivity contribution >= 4 is 17.7 Å². The zero-order chi connectivity index (χ0) is 16.2. The Balaban J connectivity index is 1.64. The van der Waals surface area contributed by atoms with Crippen LogP contribution < -0.4 is 4.90 Å². The number of thioether (sulfide) groups is 1. The van der Waals surface area contributed by atoms with Crippen molar-refractivity contribution in [2.75, 3.05) is 31.9 Å². The highest BCUT2D eigenvalue weighted by atomic mass is 32.2. The lowest BCUT2D eigenvalue weighted by Crippen LogP contribution is -3.13. The summed E-state index contributed by atoms with van der Waals surface area (Å²) < 4.78 is 0. The summed E-state index contributed by atoms with van der Waals surface area (Å²) >= 11 is 1.78. The molecule has 1 aromatic carbocycles. The van der Waals surface area contributed by atoms with Crippen molar-refractivity contribution in [2.45, 2.75) is 44.4 Å². The number of likely N-dealkylation sites (tertiary alicyclic amines) is 1. The summed E-state index contributed by atoms with van der Waals surface area (Å²) in [5, 5.41) is 0.216. The van der Waals surface area contributed by atoms with E-state index in [0.29, 0.717) is 17.6 Å². The number of amides is 1. The molecule has 0 saturated carbocycles. The van der Waals surface area contributed by atoms with E-state index in [1.807, 2.05) is 0 Å². The molecule has 1 amide bonds. The number of nitrogens with zero attached hydrogens (tertiary/aromatic N) is 1. The molecule has 1 atom stereocenters. The lowest BCUT2D eigenvalue weighted by atomic mass is 10.0. The highest BCUT2D eigenvalue weighted by Crippen LogP contribution is 2.38. The van der Waals surface area contributed by atoms with Gasteiger partial charge in [-0.25, -0.2) is 0 Å². The van der Waals surface area contributed by atoms with Crippen LogP contribution in [0.1, 0.15) is 55.5 Å². The fraction of sp³-hybridized carbons (Fsp3) is 0.632. The van der Waals surface area contributed by atoms with Crippen LogP contribution in [0.4, 0.5) is 0 Å². The zero-order valence-electron chi connectivity index (χ0n) is 14.4. The Labute approximate surface area is 144 Å². The predicted octanol–water partition coefficient (Wildman–Crippen LogP) is 2.45. The topological polar surface area (TPSA) is 24.8 Å². The molecule has 2 aliphatic rings. The normalized spacial score (nSPS) is 23.0. The van der Waals surface area contributed by atoms with Crippen LogP contribution >= 0.6 is 11.8 Å². The third kappa shape index (κ3) is 4.10. The minimum absolute atomic E-state index is 0.216. The zero-order valence-corrected chi connectivity index (χ0v) is 15.2. The first-order valence-electron chi connectivity index (χ1n) is 8.99. The summed E-state index contributed by atoms with van der Waals surface area (Å²) in [4.78, 5) is 16.1. The Morgan fingerprint density at radius 1 is 1.17 bits per heavy atom. The van der Waals surface area contributed by atoms with E-state index < -0.39 is 0 Å². The molecule has 0 aromatic heterocycles. The van der Waals surface area contributed by atoms with Gasteiger partial charge in [0.2, 0.25) is 5.91 Å². The number of carbonyl (C=O) groups is 1. The fourth-order valence-corrected chi connectivity index (χ4v) is 4.82. The van der Waals surface area contributed by atoms with Crippen LogP contribution in [-0.2, 0) is 4.79 Å². The molecule has 2 saturated heterocycles. The van der Waals surface area contributed by atoms with Crippen LogP contribution in [0.3, 0.4) is 0 Å². The number of carbonyl (C=O) groups excluding carboxylic acids is 1. The van der Waals surface area contributed by atoms with Gasteiger partial charge in [-0.15, -0.1) is 11.8 Å². The van der Waals surface area contributed by atoms with E-state index in [2.05, 4.69) is 43.0 Å². The standard InChI is InChI=1S/C19H28N2OS/c1-15(2)16-6-8-17(9-7-16)19-21(18(22)14-23-19)13-12-20-10-4-3-5-11-20/h6-9,15,19H,3-5,10-14H2,1-2H3/p+1. The van der Waals surface area contributed by atoms with Crippen LogP contribution in [0, 0.1) is 0 Å². The van der Waals surface area contributed by atoms with E-state index in [4.69, 9.17) is 0 Å². The molecule has 0 bridgehead atoms. The van der Waals surface area contributed by atoms with Gasteiger partial charge in [0.25, 0.3) is 0 Å². The van der Waals surface area contributed by atoms with E-state index >= 15 is 0 Å². The molecule has 126 valence electrons. The minimum Gasteiger partial charge on any atom is -0.333 e.